The van der Waals surface area contributed by atoms with Gasteiger partial charge in [-0.3, -0.25) is 4.79 Å². The van der Waals surface area contributed by atoms with Gasteiger partial charge in [0.25, 0.3) is 5.91 Å². The predicted molar refractivity (Wildman–Crippen MR) is 102 cm³/mol. The molecule has 0 unspecified atom stereocenters. The lowest BCUT2D eigenvalue weighted by Crippen LogP contribution is -2.17. The van der Waals surface area contributed by atoms with E-state index in [1.807, 2.05) is 50.2 Å². The smallest absolute Gasteiger partial charge is 0.258 e. The summed E-state index contributed by atoms with van der Waals surface area (Å²) in [5, 5.41) is 14.2. The third kappa shape index (κ3) is 5.42. The summed E-state index contributed by atoms with van der Waals surface area (Å²) in [4.78, 5) is 14.5. The van der Waals surface area contributed by atoms with Crippen molar-refractivity contribution in [1.29, 1.82) is 0 Å². The van der Waals surface area contributed by atoms with Crippen molar-refractivity contribution in [2.75, 3.05) is 42.7 Å². The first-order valence-electron chi connectivity index (χ1n) is 8.38. The van der Waals surface area contributed by atoms with Crippen LogP contribution in [-0.4, -0.2) is 43.3 Å². The number of aryl methyl sites for hydroxylation is 1. The van der Waals surface area contributed by atoms with Crippen LogP contribution in [0.3, 0.4) is 0 Å². The van der Waals surface area contributed by atoms with E-state index in [1.54, 1.807) is 6.07 Å². The van der Waals surface area contributed by atoms with Gasteiger partial charge in [0, 0.05) is 26.3 Å². The lowest BCUT2D eigenvalue weighted by atomic mass is 10.1. The number of amides is 1. The zero-order valence-electron chi connectivity index (χ0n) is 15.0. The Morgan fingerprint density at radius 1 is 1.16 bits per heavy atom. The first-order chi connectivity index (χ1) is 12.0. The molecule has 1 aromatic carbocycles. The second kappa shape index (κ2) is 8.98. The Bertz CT molecular complexity index is 699. The Labute approximate surface area is 148 Å². The molecule has 0 saturated carbocycles. The number of aromatic nitrogens is 2. The molecule has 0 aliphatic carbocycles. The number of unbranched alkanes of at least 4 members (excludes halogenated alkanes) is 1. The number of carbonyl (C=O) groups excluding carboxylic acids is 1. The van der Waals surface area contributed by atoms with Gasteiger partial charge >= 0.3 is 0 Å². The highest BCUT2D eigenvalue weighted by Crippen LogP contribution is 2.19. The van der Waals surface area contributed by atoms with Crippen LogP contribution >= 0.6 is 0 Å². The number of hydrogen-bond acceptors (Lipinski definition) is 6. The van der Waals surface area contributed by atoms with Crippen molar-refractivity contribution in [3.63, 3.8) is 0 Å². The summed E-state index contributed by atoms with van der Waals surface area (Å²) in [7, 11) is 3.77. The molecule has 134 valence electrons. The maximum absolute atomic E-state index is 12.6. The second-order valence-electron chi connectivity index (χ2n) is 6.10. The Morgan fingerprint density at radius 3 is 2.60 bits per heavy atom. The van der Waals surface area contributed by atoms with Crippen LogP contribution < -0.4 is 21.3 Å². The number of nitrogens with one attached hydrogen (secondary N) is 2. The topological polar surface area (TPSA) is 96.2 Å². The highest BCUT2D eigenvalue weighted by molar-refractivity contribution is 6.07. The van der Waals surface area contributed by atoms with Gasteiger partial charge < -0.3 is 21.3 Å². The lowest BCUT2D eigenvalue weighted by molar-refractivity contribution is 0.102. The van der Waals surface area contributed by atoms with Crippen LogP contribution in [0.2, 0.25) is 0 Å². The Hall–Kier alpha value is -2.67. The monoisotopic (exact) mass is 342 g/mol. The molecule has 1 aromatic heterocycles. The summed E-state index contributed by atoms with van der Waals surface area (Å²) >= 11 is 0. The van der Waals surface area contributed by atoms with E-state index in [4.69, 9.17) is 5.73 Å². The molecule has 2 aromatic rings. The molecule has 2 rings (SSSR count). The van der Waals surface area contributed by atoms with Gasteiger partial charge in [0.05, 0.1) is 5.56 Å². The van der Waals surface area contributed by atoms with Crippen LogP contribution in [0.15, 0.2) is 30.3 Å². The molecule has 7 heteroatoms. The molecule has 0 aliphatic rings. The first-order valence-corrected chi connectivity index (χ1v) is 8.38. The van der Waals surface area contributed by atoms with Crippen molar-refractivity contribution < 1.29 is 4.79 Å². The average Bonchev–Trinajstić information content (AvgIpc) is 2.59. The van der Waals surface area contributed by atoms with Gasteiger partial charge in [-0.1, -0.05) is 6.07 Å². The van der Waals surface area contributed by atoms with Gasteiger partial charge in [-0.05, 0) is 56.1 Å². The average molecular weight is 342 g/mol. The third-order valence-corrected chi connectivity index (χ3v) is 3.72. The fourth-order valence-electron chi connectivity index (χ4n) is 2.31. The summed E-state index contributed by atoms with van der Waals surface area (Å²) in [5.74, 6) is 0.939. The fraction of sp³-hybridized carbons (Fsp3) is 0.389. The number of nitrogens with zero attached hydrogens (tertiary/aromatic N) is 3. The molecule has 0 spiro atoms. The highest BCUT2D eigenvalue weighted by atomic mass is 16.1. The Morgan fingerprint density at radius 2 is 1.96 bits per heavy atom. The van der Waals surface area contributed by atoms with E-state index >= 15 is 0 Å². The molecule has 1 amide bonds. The molecule has 0 saturated heterocycles. The molecule has 0 atom stereocenters. The number of anilines is 3. The minimum atomic E-state index is -0.215. The molecular formula is C18H26N6O. The van der Waals surface area contributed by atoms with Crippen molar-refractivity contribution in [3.05, 3.63) is 41.5 Å². The second-order valence-corrected chi connectivity index (χ2v) is 6.10. The van der Waals surface area contributed by atoms with Crippen molar-refractivity contribution in [3.8, 4) is 0 Å². The number of hydrogen-bond donors (Lipinski definition) is 3. The van der Waals surface area contributed by atoms with E-state index in [0.717, 1.165) is 36.5 Å². The first kappa shape index (κ1) is 18.7. The van der Waals surface area contributed by atoms with E-state index in [2.05, 4.69) is 20.8 Å². The molecule has 7 nitrogen and oxygen atoms in total. The number of rotatable bonds is 8. The van der Waals surface area contributed by atoms with E-state index in [0.29, 0.717) is 17.9 Å². The van der Waals surface area contributed by atoms with Crippen LogP contribution in [0.25, 0.3) is 0 Å². The van der Waals surface area contributed by atoms with Crippen molar-refractivity contribution in [2.45, 2.75) is 19.8 Å². The van der Waals surface area contributed by atoms with Crippen molar-refractivity contribution in [2.24, 2.45) is 5.73 Å². The Kier molecular flexibility index (Phi) is 6.71. The molecule has 0 bridgehead atoms. The third-order valence-electron chi connectivity index (χ3n) is 3.72. The molecule has 0 fully saturated rings. The van der Waals surface area contributed by atoms with Gasteiger partial charge in [0.15, 0.2) is 11.6 Å². The van der Waals surface area contributed by atoms with Crippen molar-refractivity contribution in [1.82, 2.24) is 10.2 Å². The quantitative estimate of drug-likeness (QED) is 0.637. The van der Waals surface area contributed by atoms with Crippen LogP contribution in [0, 0.1) is 6.92 Å². The minimum Gasteiger partial charge on any atom is -0.384 e. The standard InChI is InChI=1S/C18H26N6O/c1-13-6-7-14(15(12-13)20-11-5-4-10-19)18(25)21-16-8-9-17(23-22-16)24(2)3/h6-9,12,20H,4-5,10-11,19H2,1-3H3,(H,21,22,25). The van der Waals surface area contributed by atoms with E-state index < -0.39 is 0 Å². The summed E-state index contributed by atoms with van der Waals surface area (Å²) in [5.41, 5.74) is 8.00. The van der Waals surface area contributed by atoms with Crippen LogP contribution in [0.4, 0.5) is 17.3 Å². The van der Waals surface area contributed by atoms with E-state index in [1.165, 1.54) is 0 Å². The number of nitrogens with two attached hydrogens (primary N) is 1. The zero-order valence-corrected chi connectivity index (χ0v) is 15.0. The van der Waals surface area contributed by atoms with Gasteiger partial charge in [-0.15, -0.1) is 10.2 Å². The Balaban J connectivity index is 2.09. The number of benzene rings is 1. The van der Waals surface area contributed by atoms with Crippen LogP contribution in [-0.2, 0) is 0 Å². The predicted octanol–water partition coefficient (Wildman–Crippen LogP) is 2.25. The van der Waals surface area contributed by atoms with Crippen LogP contribution in [0.1, 0.15) is 28.8 Å². The number of carbonyl (C=O) groups is 1. The molecule has 1 heterocycles. The summed E-state index contributed by atoms with van der Waals surface area (Å²) < 4.78 is 0. The maximum atomic E-state index is 12.6. The maximum Gasteiger partial charge on any atom is 0.258 e. The minimum absolute atomic E-state index is 0.215. The normalized spacial score (nSPS) is 10.4. The zero-order chi connectivity index (χ0) is 18.2. The van der Waals surface area contributed by atoms with Gasteiger partial charge in [0.1, 0.15) is 0 Å². The van der Waals surface area contributed by atoms with Crippen molar-refractivity contribution >= 4 is 23.2 Å². The fourth-order valence-corrected chi connectivity index (χ4v) is 2.31. The van der Waals surface area contributed by atoms with E-state index in [9.17, 15) is 4.79 Å². The SMILES string of the molecule is Cc1ccc(C(=O)Nc2ccc(N(C)C)nn2)c(NCCCCN)c1. The molecular weight excluding hydrogens is 316 g/mol. The molecule has 0 aliphatic heterocycles. The van der Waals surface area contributed by atoms with Crippen LogP contribution in [0.5, 0.6) is 0 Å². The molecule has 0 radical (unpaired) electrons. The highest BCUT2D eigenvalue weighted by Gasteiger charge is 2.13. The summed E-state index contributed by atoms with van der Waals surface area (Å²) in [6, 6.07) is 9.25. The molecule has 25 heavy (non-hydrogen) atoms. The summed E-state index contributed by atoms with van der Waals surface area (Å²) in [6.45, 7) is 3.45. The lowest BCUT2D eigenvalue weighted by Gasteiger charge is -2.13. The van der Waals surface area contributed by atoms with Gasteiger partial charge in [-0.25, -0.2) is 0 Å². The van der Waals surface area contributed by atoms with Gasteiger partial charge in [0.2, 0.25) is 0 Å². The molecule has 4 N–H and O–H groups in total. The van der Waals surface area contributed by atoms with Gasteiger partial charge in [-0.2, -0.15) is 0 Å². The summed E-state index contributed by atoms with van der Waals surface area (Å²) in [6.07, 6.45) is 1.91. The van der Waals surface area contributed by atoms with E-state index in [-0.39, 0.29) is 5.91 Å². The largest absolute Gasteiger partial charge is 0.384 e.